The van der Waals surface area contributed by atoms with Crippen molar-refractivity contribution >= 4 is 34.8 Å². The number of hydrogen-bond acceptors (Lipinski definition) is 0. The molecule has 0 nitrogen and oxygen atoms in total. The van der Waals surface area contributed by atoms with Crippen LogP contribution in [0, 0.1) is 13.0 Å². The van der Waals surface area contributed by atoms with Crippen LogP contribution >= 0.6 is 34.8 Å². The van der Waals surface area contributed by atoms with E-state index in [0.29, 0.717) is 15.1 Å². The van der Waals surface area contributed by atoms with Crippen molar-refractivity contribution in [1.29, 1.82) is 0 Å². The van der Waals surface area contributed by atoms with Crippen LogP contribution in [0.25, 0.3) is 0 Å². The maximum absolute atomic E-state index is 5.75. The molecule has 0 unspecified atom stereocenters. The molecule has 0 saturated carbocycles. The molecule has 53 valence electrons. The van der Waals surface area contributed by atoms with Gasteiger partial charge in [-0.05, 0) is 18.6 Å². The van der Waals surface area contributed by atoms with Gasteiger partial charge in [-0.3, -0.25) is 0 Å². The SMILES string of the molecule is Cc1c[c]c(Cl)c(Cl)c1Cl. The molecule has 1 radical (unpaired) electrons. The fourth-order valence-electron chi connectivity index (χ4n) is 0.568. The highest BCUT2D eigenvalue weighted by Gasteiger charge is 2.04. The molecule has 1 aromatic carbocycles. The Bertz CT molecular complexity index is 228. The highest BCUT2D eigenvalue weighted by molar-refractivity contribution is 6.48. The van der Waals surface area contributed by atoms with Crippen LogP contribution in [0.15, 0.2) is 6.07 Å². The first-order valence-electron chi connectivity index (χ1n) is 2.64. The van der Waals surface area contributed by atoms with Crippen molar-refractivity contribution in [2.75, 3.05) is 0 Å². The quantitative estimate of drug-likeness (QED) is 0.552. The smallest absolute Gasteiger partial charge is 0.0787 e. The average molecular weight is 194 g/mol. The molecule has 0 heterocycles. The number of hydrogen-bond donors (Lipinski definition) is 0. The summed E-state index contributed by atoms with van der Waals surface area (Å²) in [5.41, 5.74) is 0.885. The van der Waals surface area contributed by atoms with Crippen molar-refractivity contribution in [1.82, 2.24) is 0 Å². The van der Waals surface area contributed by atoms with E-state index in [0.717, 1.165) is 5.56 Å². The fraction of sp³-hybridized carbons (Fsp3) is 0.143. The van der Waals surface area contributed by atoms with Crippen molar-refractivity contribution in [2.45, 2.75) is 6.92 Å². The fourth-order valence-corrected chi connectivity index (χ4v) is 1.12. The lowest BCUT2D eigenvalue weighted by Crippen LogP contribution is -1.77. The lowest BCUT2D eigenvalue weighted by molar-refractivity contribution is 1.47. The first-order valence-corrected chi connectivity index (χ1v) is 3.78. The van der Waals surface area contributed by atoms with E-state index >= 15 is 0 Å². The predicted octanol–water partition coefficient (Wildman–Crippen LogP) is 3.76. The molecule has 3 heteroatoms. The average Bonchev–Trinajstić information content (AvgIpc) is 1.93. The van der Waals surface area contributed by atoms with Gasteiger partial charge in [0.05, 0.1) is 15.1 Å². The minimum absolute atomic E-state index is 0.372. The Morgan fingerprint density at radius 2 is 1.80 bits per heavy atom. The molecule has 0 aliphatic carbocycles. The summed E-state index contributed by atoms with van der Waals surface area (Å²) in [7, 11) is 0. The largest absolute Gasteiger partial charge is 0.0824 e. The molecular formula is C7H4Cl3. The number of benzene rings is 1. The summed E-state index contributed by atoms with van der Waals surface area (Å²) >= 11 is 17.0. The zero-order valence-electron chi connectivity index (χ0n) is 5.21. The standard InChI is InChI=1S/C7H4Cl3/c1-4-2-3-5(8)7(10)6(4)9/h2H,1H3. The Morgan fingerprint density at radius 1 is 1.20 bits per heavy atom. The Kier molecular flexibility index (Phi) is 2.45. The van der Waals surface area contributed by atoms with E-state index in [2.05, 4.69) is 6.07 Å². The van der Waals surface area contributed by atoms with Gasteiger partial charge in [-0.25, -0.2) is 0 Å². The lowest BCUT2D eigenvalue weighted by atomic mass is 10.2. The van der Waals surface area contributed by atoms with Gasteiger partial charge >= 0.3 is 0 Å². The molecule has 0 fully saturated rings. The van der Waals surface area contributed by atoms with Crippen molar-refractivity contribution in [3.63, 3.8) is 0 Å². The van der Waals surface area contributed by atoms with Gasteiger partial charge in [-0.2, -0.15) is 0 Å². The van der Waals surface area contributed by atoms with Gasteiger partial charge in [-0.1, -0.05) is 34.8 Å². The van der Waals surface area contributed by atoms with E-state index in [4.69, 9.17) is 34.8 Å². The second-order valence-electron chi connectivity index (χ2n) is 1.91. The predicted molar refractivity (Wildman–Crippen MR) is 45.0 cm³/mol. The van der Waals surface area contributed by atoms with Crippen molar-refractivity contribution in [2.24, 2.45) is 0 Å². The molecule has 0 saturated heterocycles. The Labute approximate surface area is 74.7 Å². The zero-order valence-corrected chi connectivity index (χ0v) is 7.48. The van der Waals surface area contributed by atoms with Crippen LogP contribution in [-0.4, -0.2) is 0 Å². The second-order valence-corrected chi connectivity index (χ2v) is 3.05. The zero-order chi connectivity index (χ0) is 7.72. The topological polar surface area (TPSA) is 0 Å². The number of halogens is 3. The highest BCUT2D eigenvalue weighted by Crippen LogP contribution is 2.31. The second kappa shape index (κ2) is 3.00. The van der Waals surface area contributed by atoms with Gasteiger partial charge in [-0.15, -0.1) is 0 Å². The summed E-state index contributed by atoms with van der Waals surface area (Å²) in [6.45, 7) is 1.85. The minimum Gasteiger partial charge on any atom is -0.0824 e. The third kappa shape index (κ3) is 1.39. The molecule has 1 aromatic rings. The Balaban J connectivity index is 3.34. The third-order valence-corrected chi connectivity index (χ3v) is 2.50. The molecule has 0 N–H and O–H groups in total. The number of rotatable bonds is 0. The summed E-state index contributed by atoms with van der Waals surface area (Å²) in [5.74, 6) is 0. The van der Waals surface area contributed by atoms with E-state index in [-0.39, 0.29) is 0 Å². The molecular weight excluding hydrogens is 190 g/mol. The van der Waals surface area contributed by atoms with E-state index in [1.54, 1.807) is 6.07 Å². The normalized spacial score (nSPS) is 10.0. The highest BCUT2D eigenvalue weighted by atomic mass is 35.5. The van der Waals surface area contributed by atoms with Crippen LogP contribution in [0.3, 0.4) is 0 Å². The summed E-state index contributed by atoms with van der Waals surface area (Å²) in [6, 6.07) is 4.46. The van der Waals surface area contributed by atoms with E-state index < -0.39 is 0 Å². The third-order valence-electron chi connectivity index (χ3n) is 1.15. The van der Waals surface area contributed by atoms with Crippen LogP contribution in [0.2, 0.25) is 15.1 Å². The van der Waals surface area contributed by atoms with Gasteiger partial charge in [0, 0.05) is 6.07 Å². The first-order chi connectivity index (χ1) is 4.63. The van der Waals surface area contributed by atoms with Gasteiger partial charge < -0.3 is 0 Å². The van der Waals surface area contributed by atoms with E-state index in [1.165, 1.54) is 0 Å². The van der Waals surface area contributed by atoms with Gasteiger partial charge in [0.2, 0.25) is 0 Å². The molecule has 0 atom stereocenters. The van der Waals surface area contributed by atoms with Gasteiger partial charge in [0.25, 0.3) is 0 Å². The van der Waals surface area contributed by atoms with Crippen LogP contribution in [0.4, 0.5) is 0 Å². The maximum Gasteiger partial charge on any atom is 0.0787 e. The Morgan fingerprint density at radius 3 is 2.30 bits per heavy atom. The van der Waals surface area contributed by atoms with Crippen molar-refractivity contribution in [3.05, 3.63) is 32.8 Å². The van der Waals surface area contributed by atoms with E-state index in [9.17, 15) is 0 Å². The molecule has 0 aromatic heterocycles. The first kappa shape index (κ1) is 8.19. The molecule has 0 aliphatic heterocycles. The van der Waals surface area contributed by atoms with Gasteiger partial charge in [0.1, 0.15) is 0 Å². The molecule has 0 amide bonds. The monoisotopic (exact) mass is 193 g/mol. The van der Waals surface area contributed by atoms with Crippen LogP contribution in [0.1, 0.15) is 5.56 Å². The lowest BCUT2D eigenvalue weighted by Gasteiger charge is -1.99. The summed E-state index contributed by atoms with van der Waals surface area (Å²) in [5, 5.41) is 1.26. The van der Waals surface area contributed by atoms with Gasteiger partial charge in [0.15, 0.2) is 0 Å². The minimum atomic E-state index is 0.372. The molecule has 0 spiro atoms. The Hall–Kier alpha value is 0.0900. The maximum atomic E-state index is 5.75. The van der Waals surface area contributed by atoms with Crippen LogP contribution in [-0.2, 0) is 0 Å². The van der Waals surface area contributed by atoms with Crippen LogP contribution < -0.4 is 0 Å². The number of aryl methyl sites for hydroxylation is 1. The van der Waals surface area contributed by atoms with Crippen molar-refractivity contribution < 1.29 is 0 Å². The van der Waals surface area contributed by atoms with Crippen LogP contribution in [0.5, 0.6) is 0 Å². The van der Waals surface area contributed by atoms with E-state index in [1.807, 2.05) is 6.92 Å². The summed E-state index contributed by atoms with van der Waals surface area (Å²) in [4.78, 5) is 0. The summed E-state index contributed by atoms with van der Waals surface area (Å²) < 4.78 is 0. The molecule has 0 aliphatic rings. The summed E-state index contributed by atoms with van der Waals surface area (Å²) in [6.07, 6.45) is 0. The molecule has 10 heavy (non-hydrogen) atoms. The molecule has 1 rings (SSSR count). The molecule has 0 bridgehead atoms. The van der Waals surface area contributed by atoms with Crippen molar-refractivity contribution in [3.8, 4) is 0 Å².